The highest BCUT2D eigenvalue weighted by Crippen LogP contribution is 2.16. The van der Waals surface area contributed by atoms with Gasteiger partial charge < -0.3 is 15.4 Å². The summed E-state index contributed by atoms with van der Waals surface area (Å²) in [5.74, 6) is -0.510. The molecule has 1 aliphatic heterocycles. The predicted octanol–water partition coefficient (Wildman–Crippen LogP) is 1.87. The van der Waals surface area contributed by atoms with Crippen LogP contribution < -0.4 is 10.6 Å². The average molecular weight is 289 g/mol. The lowest BCUT2D eigenvalue weighted by molar-refractivity contribution is -0.119. The molecule has 0 saturated carbocycles. The molecule has 1 aromatic rings. The van der Waals surface area contributed by atoms with Crippen molar-refractivity contribution in [1.82, 2.24) is 5.32 Å². The minimum Gasteiger partial charge on any atom is -0.375 e. The van der Waals surface area contributed by atoms with E-state index < -0.39 is 0 Å². The van der Waals surface area contributed by atoms with Crippen LogP contribution in [0, 0.1) is 12.7 Å². The van der Waals surface area contributed by atoms with Gasteiger partial charge in [0.15, 0.2) is 0 Å². The van der Waals surface area contributed by atoms with Crippen LogP contribution in [0.25, 0.3) is 0 Å². The van der Waals surface area contributed by atoms with Crippen LogP contribution in [0.1, 0.15) is 12.0 Å². The van der Waals surface area contributed by atoms with Crippen LogP contribution in [-0.2, 0) is 9.53 Å². The van der Waals surface area contributed by atoms with E-state index in [2.05, 4.69) is 10.6 Å². The SMILES string of the molecule is Cc1ccc(F)cc1NC(=O)CC1CNCCO1.Cl. The fourth-order valence-electron chi connectivity index (χ4n) is 1.89. The van der Waals surface area contributed by atoms with Crippen molar-refractivity contribution >= 4 is 24.0 Å². The van der Waals surface area contributed by atoms with Crippen molar-refractivity contribution in [2.24, 2.45) is 0 Å². The Hall–Kier alpha value is -1.17. The maximum absolute atomic E-state index is 13.1. The van der Waals surface area contributed by atoms with Gasteiger partial charge in [0.05, 0.1) is 19.1 Å². The molecule has 6 heteroatoms. The molecule has 0 bridgehead atoms. The summed E-state index contributed by atoms with van der Waals surface area (Å²) in [6.07, 6.45) is 0.177. The van der Waals surface area contributed by atoms with Gasteiger partial charge in [0.25, 0.3) is 0 Å². The number of hydrogen-bond acceptors (Lipinski definition) is 3. The Morgan fingerprint density at radius 1 is 1.58 bits per heavy atom. The molecule has 1 atom stereocenters. The molecule has 1 fully saturated rings. The Bertz CT molecular complexity index is 437. The Morgan fingerprint density at radius 3 is 3.05 bits per heavy atom. The van der Waals surface area contributed by atoms with Crippen molar-refractivity contribution in [1.29, 1.82) is 0 Å². The molecule has 1 unspecified atom stereocenters. The predicted molar refractivity (Wildman–Crippen MR) is 74.2 cm³/mol. The summed E-state index contributed by atoms with van der Waals surface area (Å²) in [7, 11) is 0. The molecule has 1 heterocycles. The molecule has 4 nitrogen and oxygen atoms in total. The van der Waals surface area contributed by atoms with Crippen LogP contribution >= 0.6 is 12.4 Å². The molecule has 0 radical (unpaired) electrons. The van der Waals surface area contributed by atoms with Crippen molar-refractivity contribution in [3.63, 3.8) is 0 Å². The molecular formula is C13H18ClFN2O2. The number of carbonyl (C=O) groups excluding carboxylic acids is 1. The first-order valence-electron chi connectivity index (χ1n) is 6.03. The summed E-state index contributed by atoms with van der Waals surface area (Å²) in [6.45, 7) is 3.95. The zero-order chi connectivity index (χ0) is 13.0. The number of anilines is 1. The number of rotatable bonds is 3. The second kappa shape index (κ2) is 7.43. The number of halogens is 2. The van der Waals surface area contributed by atoms with Crippen molar-refractivity contribution in [2.45, 2.75) is 19.4 Å². The number of ether oxygens (including phenoxy) is 1. The van der Waals surface area contributed by atoms with Gasteiger partial charge in [0.2, 0.25) is 5.91 Å². The standard InChI is InChI=1S/C13H17FN2O2.ClH/c1-9-2-3-10(14)6-12(9)16-13(17)7-11-8-15-4-5-18-11;/h2-3,6,11,15H,4-5,7-8H2,1H3,(H,16,17);1H. The lowest BCUT2D eigenvalue weighted by atomic mass is 10.1. The summed E-state index contributed by atoms with van der Waals surface area (Å²) in [5, 5.41) is 5.87. The lowest BCUT2D eigenvalue weighted by Gasteiger charge is -2.23. The number of amides is 1. The molecular weight excluding hydrogens is 271 g/mol. The highest BCUT2D eigenvalue weighted by Gasteiger charge is 2.17. The lowest BCUT2D eigenvalue weighted by Crippen LogP contribution is -2.40. The van der Waals surface area contributed by atoms with Crippen LogP contribution in [0.15, 0.2) is 18.2 Å². The Morgan fingerprint density at radius 2 is 2.37 bits per heavy atom. The molecule has 106 valence electrons. The van der Waals surface area contributed by atoms with Gasteiger partial charge in [0, 0.05) is 18.8 Å². The van der Waals surface area contributed by atoms with E-state index in [1.807, 2.05) is 6.92 Å². The monoisotopic (exact) mass is 288 g/mol. The van der Waals surface area contributed by atoms with Gasteiger partial charge >= 0.3 is 0 Å². The largest absolute Gasteiger partial charge is 0.375 e. The number of benzene rings is 1. The fourth-order valence-corrected chi connectivity index (χ4v) is 1.89. The molecule has 1 aromatic carbocycles. The van der Waals surface area contributed by atoms with E-state index >= 15 is 0 Å². The van der Waals surface area contributed by atoms with E-state index in [9.17, 15) is 9.18 Å². The molecule has 0 aliphatic carbocycles. The van der Waals surface area contributed by atoms with Crippen LogP contribution in [0.3, 0.4) is 0 Å². The second-order valence-electron chi connectivity index (χ2n) is 4.41. The first-order valence-corrected chi connectivity index (χ1v) is 6.03. The van der Waals surface area contributed by atoms with E-state index in [0.717, 1.165) is 12.1 Å². The molecule has 19 heavy (non-hydrogen) atoms. The Balaban J connectivity index is 0.00000180. The number of aryl methyl sites for hydroxylation is 1. The average Bonchev–Trinajstić information content (AvgIpc) is 2.35. The van der Waals surface area contributed by atoms with Gasteiger partial charge in [-0.3, -0.25) is 4.79 Å². The molecule has 0 aromatic heterocycles. The molecule has 0 spiro atoms. The summed E-state index contributed by atoms with van der Waals surface area (Å²) in [6, 6.07) is 4.34. The van der Waals surface area contributed by atoms with Crippen molar-refractivity contribution < 1.29 is 13.9 Å². The first-order chi connectivity index (χ1) is 8.65. The quantitative estimate of drug-likeness (QED) is 0.893. The third-order valence-electron chi connectivity index (χ3n) is 2.89. The summed E-state index contributed by atoms with van der Waals surface area (Å²) in [4.78, 5) is 11.8. The van der Waals surface area contributed by atoms with Crippen LogP contribution in [0.4, 0.5) is 10.1 Å². The molecule has 1 aliphatic rings. The highest BCUT2D eigenvalue weighted by atomic mass is 35.5. The van der Waals surface area contributed by atoms with E-state index in [4.69, 9.17) is 4.74 Å². The molecule has 2 rings (SSSR count). The number of carbonyl (C=O) groups is 1. The Labute approximate surface area is 118 Å². The van der Waals surface area contributed by atoms with Gasteiger partial charge in [-0.25, -0.2) is 4.39 Å². The smallest absolute Gasteiger partial charge is 0.227 e. The third-order valence-corrected chi connectivity index (χ3v) is 2.89. The molecule has 1 saturated heterocycles. The second-order valence-corrected chi connectivity index (χ2v) is 4.41. The van der Waals surface area contributed by atoms with Gasteiger partial charge in [0.1, 0.15) is 5.82 Å². The minimum atomic E-state index is -0.355. The zero-order valence-electron chi connectivity index (χ0n) is 10.7. The van der Waals surface area contributed by atoms with Gasteiger partial charge in [-0.1, -0.05) is 6.07 Å². The van der Waals surface area contributed by atoms with Crippen LogP contribution in [0.5, 0.6) is 0 Å². The summed E-state index contributed by atoms with van der Waals surface area (Å²) >= 11 is 0. The van der Waals surface area contributed by atoms with Crippen molar-refractivity contribution in [3.05, 3.63) is 29.6 Å². The Kier molecular flexibility index (Phi) is 6.21. The maximum Gasteiger partial charge on any atom is 0.227 e. The maximum atomic E-state index is 13.1. The summed E-state index contributed by atoms with van der Waals surface area (Å²) in [5.41, 5.74) is 1.36. The molecule has 1 amide bonds. The molecule has 2 N–H and O–H groups in total. The summed E-state index contributed by atoms with van der Waals surface area (Å²) < 4.78 is 18.5. The van der Waals surface area contributed by atoms with E-state index in [-0.39, 0.29) is 36.7 Å². The first kappa shape index (κ1) is 15.9. The van der Waals surface area contributed by atoms with Gasteiger partial charge in [-0.05, 0) is 24.6 Å². The highest BCUT2D eigenvalue weighted by molar-refractivity contribution is 5.91. The van der Waals surface area contributed by atoms with Crippen LogP contribution in [0.2, 0.25) is 0 Å². The number of hydrogen-bond donors (Lipinski definition) is 2. The van der Waals surface area contributed by atoms with E-state index in [0.29, 0.717) is 18.8 Å². The number of morpholine rings is 1. The topological polar surface area (TPSA) is 50.4 Å². The number of nitrogens with one attached hydrogen (secondary N) is 2. The minimum absolute atomic E-state index is 0. The van der Waals surface area contributed by atoms with Crippen molar-refractivity contribution in [3.8, 4) is 0 Å². The third kappa shape index (κ3) is 4.78. The van der Waals surface area contributed by atoms with Crippen LogP contribution in [-0.4, -0.2) is 31.7 Å². The van der Waals surface area contributed by atoms with Crippen molar-refractivity contribution in [2.75, 3.05) is 25.0 Å². The van der Waals surface area contributed by atoms with Gasteiger partial charge in [-0.15, -0.1) is 12.4 Å². The fraction of sp³-hybridized carbons (Fsp3) is 0.462. The van der Waals surface area contributed by atoms with E-state index in [1.54, 1.807) is 6.07 Å². The zero-order valence-corrected chi connectivity index (χ0v) is 11.6. The van der Waals surface area contributed by atoms with Gasteiger partial charge in [-0.2, -0.15) is 0 Å². The van der Waals surface area contributed by atoms with E-state index in [1.165, 1.54) is 12.1 Å². The normalized spacial score (nSPS) is 18.5.